The van der Waals surface area contributed by atoms with Crippen molar-refractivity contribution < 1.29 is 4.92 Å². The number of benzene rings is 2. The third-order valence-electron chi connectivity index (χ3n) is 4.42. The summed E-state index contributed by atoms with van der Waals surface area (Å²) in [4.78, 5) is 15.2. The van der Waals surface area contributed by atoms with Gasteiger partial charge in [0.15, 0.2) is 0 Å². The van der Waals surface area contributed by atoms with Crippen LogP contribution in [0, 0.1) is 24.0 Å². The summed E-state index contributed by atoms with van der Waals surface area (Å²) in [7, 11) is 0. The molecule has 1 unspecified atom stereocenters. The Balaban J connectivity index is 2.24. The Bertz CT molecular complexity index is 913. The lowest BCUT2D eigenvalue weighted by atomic mass is 10.1. The van der Waals surface area contributed by atoms with E-state index in [-0.39, 0.29) is 11.7 Å². The Morgan fingerprint density at radius 1 is 1.21 bits per heavy atom. The van der Waals surface area contributed by atoms with Gasteiger partial charge in [0.1, 0.15) is 5.82 Å². The summed E-state index contributed by atoms with van der Waals surface area (Å²) in [5.74, 6) is 0.780. The van der Waals surface area contributed by atoms with Crippen LogP contribution in [-0.4, -0.2) is 21.0 Å². The monoisotopic (exact) mass is 324 g/mol. The number of fused-ring (bicyclic) bond motifs is 1. The molecule has 124 valence electrons. The molecule has 3 rings (SSSR count). The normalized spacial score (nSPS) is 12.5. The molecule has 0 bridgehead atoms. The molecule has 3 aromatic rings. The average Bonchev–Trinajstić information content (AvgIpc) is 2.93. The molecule has 24 heavy (non-hydrogen) atoms. The van der Waals surface area contributed by atoms with Crippen LogP contribution in [0.25, 0.3) is 22.4 Å². The summed E-state index contributed by atoms with van der Waals surface area (Å²) in [5, 5.41) is 10.9. The molecule has 2 aromatic carbocycles. The molecule has 6 nitrogen and oxygen atoms in total. The van der Waals surface area contributed by atoms with Crippen molar-refractivity contribution in [2.45, 2.75) is 26.8 Å². The van der Waals surface area contributed by atoms with Crippen molar-refractivity contribution in [2.75, 3.05) is 6.54 Å². The van der Waals surface area contributed by atoms with Gasteiger partial charge in [0.05, 0.1) is 16.0 Å². The van der Waals surface area contributed by atoms with Gasteiger partial charge in [0, 0.05) is 30.3 Å². The number of nitrogens with zero attached hydrogens (tertiary/aromatic N) is 3. The number of rotatable bonds is 4. The summed E-state index contributed by atoms with van der Waals surface area (Å²) in [6, 6.07) is 10.7. The molecular weight excluding hydrogens is 304 g/mol. The van der Waals surface area contributed by atoms with E-state index in [0.29, 0.717) is 6.54 Å². The number of nitro benzene ring substituents is 1. The smallest absolute Gasteiger partial charge is 0.269 e. The van der Waals surface area contributed by atoms with Crippen molar-refractivity contribution in [1.29, 1.82) is 0 Å². The first-order valence-corrected chi connectivity index (χ1v) is 7.86. The van der Waals surface area contributed by atoms with E-state index in [1.54, 1.807) is 12.1 Å². The Kier molecular flexibility index (Phi) is 4.07. The van der Waals surface area contributed by atoms with Gasteiger partial charge in [-0.1, -0.05) is 0 Å². The first-order chi connectivity index (χ1) is 11.4. The minimum absolute atomic E-state index is 0.0694. The van der Waals surface area contributed by atoms with E-state index in [2.05, 4.69) is 30.5 Å². The number of nitro groups is 1. The van der Waals surface area contributed by atoms with Gasteiger partial charge in [-0.25, -0.2) is 4.98 Å². The maximum absolute atomic E-state index is 10.9. The Hall–Kier alpha value is -2.73. The van der Waals surface area contributed by atoms with E-state index >= 15 is 0 Å². The number of nitrogens with two attached hydrogens (primary N) is 1. The van der Waals surface area contributed by atoms with Gasteiger partial charge >= 0.3 is 0 Å². The highest BCUT2D eigenvalue weighted by molar-refractivity contribution is 5.82. The van der Waals surface area contributed by atoms with Crippen molar-refractivity contribution >= 4 is 16.7 Å². The van der Waals surface area contributed by atoms with E-state index in [0.717, 1.165) is 22.4 Å². The summed E-state index contributed by atoms with van der Waals surface area (Å²) in [5.41, 5.74) is 11.1. The lowest BCUT2D eigenvalue weighted by molar-refractivity contribution is -0.384. The fourth-order valence-corrected chi connectivity index (χ4v) is 2.84. The molecule has 1 atom stereocenters. The zero-order chi connectivity index (χ0) is 17.4. The fourth-order valence-electron chi connectivity index (χ4n) is 2.84. The molecular formula is C18H20N4O2. The number of non-ortho nitro benzene ring substituents is 1. The minimum atomic E-state index is -0.401. The second-order valence-corrected chi connectivity index (χ2v) is 6.12. The molecule has 0 aliphatic carbocycles. The SMILES string of the molecule is Cc1cc2nc(-c3ccc([N+](=O)[O-])cc3)n(C(C)CN)c2cc1C. The first kappa shape index (κ1) is 16.1. The summed E-state index contributed by atoms with van der Waals surface area (Å²) in [6.07, 6.45) is 0. The standard InChI is InChI=1S/C18H20N4O2/c1-11-8-16-17(9-12(11)2)21(13(3)10-19)18(20-16)14-4-6-15(7-5-14)22(23)24/h4-9,13H,10,19H2,1-3H3. The van der Waals surface area contributed by atoms with Crippen molar-refractivity contribution in [2.24, 2.45) is 5.73 Å². The summed E-state index contributed by atoms with van der Waals surface area (Å²) < 4.78 is 2.11. The lowest BCUT2D eigenvalue weighted by Gasteiger charge is -2.16. The molecule has 1 aromatic heterocycles. The van der Waals surface area contributed by atoms with Gasteiger partial charge in [-0.2, -0.15) is 0 Å². The average molecular weight is 324 g/mol. The molecule has 0 aliphatic rings. The topological polar surface area (TPSA) is 87.0 Å². The van der Waals surface area contributed by atoms with Crippen LogP contribution in [0.15, 0.2) is 36.4 Å². The van der Waals surface area contributed by atoms with Crippen molar-refractivity contribution in [3.63, 3.8) is 0 Å². The molecule has 6 heteroatoms. The van der Waals surface area contributed by atoms with Crippen LogP contribution in [0.2, 0.25) is 0 Å². The van der Waals surface area contributed by atoms with E-state index in [1.807, 2.05) is 6.92 Å². The Labute approximate surface area is 140 Å². The largest absolute Gasteiger partial charge is 0.328 e. The van der Waals surface area contributed by atoms with Crippen molar-refractivity contribution in [3.8, 4) is 11.4 Å². The second-order valence-electron chi connectivity index (χ2n) is 6.12. The molecule has 2 N–H and O–H groups in total. The van der Waals surface area contributed by atoms with Gasteiger partial charge in [0.25, 0.3) is 5.69 Å². The van der Waals surface area contributed by atoms with Gasteiger partial charge in [-0.15, -0.1) is 0 Å². The van der Waals surface area contributed by atoms with Crippen LogP contribution in [-0.2, 0) is 0 Å². The second kappa shape index (κ2) is 6.05. The van der Waals surface area contributed by atoms with Gasteiger partial charge < -0.3 is 10.3 Å². The molecule has 0 fully saturated rings. The quantitative estimate of drug-likeness (QED) is 0.585. The molecule has 0 amide bonds. The summed E-state index contributed by atoms with van der Waals surface area (Å²) in [6.45, 7) is 6.67. The van der Waals surface area contributed by atoms with E-state index in [1.165, 1.54) is 23.3 Å². The Morgan fingerprint density at radius 3 is 2.42 bits per heavy atom. The highest BCUT2D eigenvalue weighted by atomic mass is 16.6. The molecule has 0 saturated heterocycles. The van der Waals surface area contributed by atoms with Gasteiger partial charge in [-0.3, -0.25) is 10.1 Å². The predicted octanol–water partition coefficient (Wildman–Crippen LogP) is 3.75. The minimum Gasteiger partial charge on any atom is -0.328 e. The fraction of sp³-hybridized carbons (Fsp3) is 0.278. The zero-order valence-electron chi connectivity index (χ0n) is 14.0. The van der Waals surface area contributed by atoms with Crippen molar-refractivity contribution in [3.05, 3.63) is 57.6 Å². The number of hydrogen-bond donors (Lipinski definition) is 1. The number of aromatic nitrogens is 2. The predicted molar refractivity (Wildman–Crippen MR) is 95.1 cm³/mol. The maximum Gasteiger partial charge on any atom is 0.269 e. The molecule has 0 radical (unpaired) electrons. The van der Waals surface area contributed by atoms with Crippen LogP contribution in [0.4, 0.5) is 5.69 Å². The molecule has 0 saturated carbocycles. The number of hydrogen-bond acceptors (Lipinski definition) is 4. The van der Waals surface area contributed by atoms with Crippen LogP contribution in [0.3, 0.4) is 0 Å². The highest BCUT2D eigenvalue weighted by Gasteiger charge is 2.18. The van der Waals surface area contributed by atoms with Crippen LogP contribution in [0.1, 0.15) is 24.1 Å². The maximum atomic E-state index is 10.9. The Morgan fingerprint density at radius 2 is 1.83 bits per heavy atom. The molecule has 0 spiro atoms. The van der Waals surface area contributed by atoms with Gasteiger partial charge in [0.2, 0.25) is 0 Å². The molecule has 0 aliphatic heterocycles. The van der Waals surface area contributed by atoms with Gasteiger partial charge in [-0.05, 0) is 56.2 Å². The van der Waals surface area contributed by atoms with E-state index in [9.17, 15) is 10.1 Å². The number of aryl methyl sites for hydroxylation is 2. The van der Waals surface area contributed by atoms with Crippen LogP contribution >= 0.6 is 0 Å². The number of imidazole rings is 1. The van der Waals surface area contributed by atoms with E-state index < -0.39 is 4.92 Å². The van der Waals surface area contributed by atoms with Crippen LogP contribution < -0.4 is 5.73 Å². The zero-order valence-corrected chi connectivity index (χ0v) is 14.0. The van der Waals surface area contributed by atoms with Crippen LogP contribution in [0.5, 0.6) is 0 Å². The first-order valence-electron chi connectivity index (χ1n) is 7.86. The third kappa shape index (κ3) is 2.65. The third-order valence-corrected chi connectivity index (χ3v) is 4.42. The van der Waals surface area contributed by atoms with E-state index in [4.69, 9.17) is 10.7 Å². The highest BCUT2D eigenvalue weighted by Crippen LogP contribution is 2.30. The van der Waals surface area contributed by atoms with Crippen molar-refractivity contribution in [1.82, 2.24) is 9.55 Å². The molecule has 1 heterocycles. The lowest BCUT2D eigenvalue weighted by Crippen LogP contribution is -2.17. The summed E-state index contributed by atoms with van der Waals surface area (Å²) >= 11 is 0.